The molecule has 0 saturated heterocycles. The maximum Gasteiger partial charge on any atom is 0.322 e. The summed E-state index contributed by atoms with van der Waals surface area (Å²) >= 11 is 0.974. The Morgan fingerprint density at radius 2 is 1.88 bits per heavy atom. The molecule has 2 aromatic carbocycles. The molecule has 0 aliphatic heterocycles. The van der Waals surface area contributed by atoms with Crippen LogP contribution in [0.2, 0.25) is 0 Å². The number of benzene rings is 2. The van der Waals surface area contributed by atoms with E-state index in [0.717, 1.165) is 22.4 Å². The molecule has 4 aromatic rings. The zero-order valence-corrected chi connectivity index (χ0v) is 19.2. The highest BCUT2D eigenvalue weighted by atomic mass is 32.2. The summed E-state index contributed by atoms with van der Waals surface area (Å²) in [6.45, 7) is 0. The quantitative estimate of drug-likeness (QED) is 0.367. The number of aromatic hydroxyl groups is 1. The molecule has 3 N–H and O–H groups in total. The molecule has 0 saturated carbocycles. The van der Waals surface area contributed by atoms with Crippen LogP contribution >= 0.6 is 11.3 Å². The van der Waals surface area contributed by atoms with Gasteiger partial charge in [-0.15, -0.1) is 11.3 Å². The Morgan fingerprint density at radius 1 is 1.12 bits per heavy atom. The van der Waals surface area contributed by atoms with E-state index in [1.54, 1.807) is 36.0 Å². The number of sulfonamides is 1. The molecule has 0 radical (unpaired) electrons. The average molecular weight is 481 g/mol. The van der Waals surface area contributed by atoms with Crippen molar-refractivity contribution >= 4 is 38.2 Å². The first-order valence-electron chi connectivity index (χ1n) is 9.92. The second kappa shape index (κ2) is 9.11. The minimum absolute atomic E-state index is 0.0123. The van der Waals surface area contributed by atoms with Crippen LogP contribution in [0.4, 0.5) is 0 Å². The van der Waals surface area contributed by atoms with Crippen molar-refractivity contribution in [3.05, 3.63) is 82.9 Å². The van der Waals surface area contributed by atoms with Gasteiger partial charge < -0.3 is 14.8 Å². The molecule has 7 nitrogen and oxygen atoms in total. The fraction of sp³-hybridized carbons (Fsp3) is 0.125. The van der Waals surface area contributed by atoms with Gasteiger partial charge >= 0.3 is 5.97 Å². The Kier molecular flexibility index (Phi) is 6.24. The second-order valence-electron chi connectivity index (χ2n) is 7.42. The third kappa shape index (κ3) is 5.09. The van der Waals surface area contributed by atoms with Crippen LogP contribution in [0.1, 0.15) is 16.0 Å². The van der Waals surface area contributed by atoms with Gasteiger partial charge in [-0.3, -0.25) is 4.79 Å². The Bertz CT molecular complexity index is 1490. The van der Waals surface area contributed by atoms with E-state index >= 15 is 0 Å². The number of thiophene rings is 1. The molecule has 0 fully saturated rings. The van der Waals surface area contributed by atoms with E-state index in [1.807, 2.05) is 30.3 Å². The fourth-order valence-electron chi connectivity index (χ4n) is 3.46. The number of phenolic OH excluding ortho intramolecular Hbond substituents is 1. The molecule has 1 atom stereocenters. The number of carbonyl (C=O) groups is 1. The number of nitrogens with one attached hydrogen (secondary N) is 1. The summed E-state index contributed by atoms with van der Waals surface area (Å²) in [5.41, 5.74) is 2.22. The van der Waals surface area contributed by atoms with Crippen molar-refractivity contribution in [1.29, 1.82) is 0 Å². The largest absolute Gasteiger partial charge is 0.508 e. The van der Waals surface area contributed by atoms with Crippen LogP contribution in [0.3, 0.4) is 0 Å². The van der Waals surface area contributed by atoms with E-state index in [1.165, 1.54) is 12.1 Å². The fourth-order valence-corrected chi connectivity index (χ4v) is 5.82. The Hall–Kier alpha value is -3.58. The van der Waals surface area contributed by atoms with Gasteiger partial charge in [0.2, 0.25) is 0 Å². The molecular formula is C24H20N2O5S2. The number of fused-ring (bicyclic) bond motifs is 1. The van der Waals surface area contributed by atoms with Crippen LogP contribution in [0.15, 0.2) is 71.1 Å². The van der Waals surface area contributed by atoms with Gasteiger partial charge in [0.15, 0.2) is 0 Å². The lowest BCUT2D eigenvalue weighted by Gasteiger charge is -2.13. The van der Waals surface area contributed by atoms with Crippen LogP contribution in [0.5, 0.6) is 5.75 Å². The third-order valence-corrected chi connectivity index (χ3v) is 7.99. The zero-order chi connectivity index (χ0) is 23.6. The predicted molar refractivity (Wildman–Crippen MR) is 127 cm³/mol. The summed E-state index contributed by atoms with van der Waals surface area (Å²) in [4.78, 5) is 12.4. The summed E-state index contributed by atoms with van der Waals surface area (Å²) in [5, 5.41) is 20.2. The number of carboxylic acid groups (broad SMARTS) is 1. The Labute approximate surface area is 195 Å². The van der Waals surface area contributed by atoms with E-state index in [0.29, 0.717) is 15.8 Å². The first kappa shape index (κ1) is 22.6. The molecule has 2 heterocycles. The van der Waals surface area contributed by atoms with Crippen molar-refractivity contribution in [2.45, 2.75) is 16.7 Å². The van der Waals surface area contributed by atoms with Crippen LogP contribution in [-0.4, -0.2) is 35.2 Å². The lowest BCUT2D eigenvalue weighted by molar-refractivity contribution is -0.138. The first-order chi connectivity index (χ1) is 15.7. The van der Waals surface area contributed by atoms with Crippen LogP contribution in [0.25, 0.3) is 10.9 Å². The number of hydrogen-bond donors (Lipinski definition) is 3. The lowest BCUT2D eigenvalue weighted by atomic mass is 10.1. The summed E-state index contributed by atoms with van der Waals surface area (Å²) in [6.07, 6.45) is 1.65. The van der Waals surface area contributed by atoms with Crippen molar-refractivity contribution in [2.75, 3.05) is 0 Å². The number of carboxylic acids is 1. The molecule has 0 amide bonds. The highest BCUT2D eigenvalue weighted by Gasteiger charge is 2.28. The molecule has 168 valence electrons. The maximum absolute atomic E-state index is 12.9. The van der Waals surface area contributed by atoms with Gasteiger partial charge in [0.25, 0.3) is 10.0 Å². The van der Waals surface area contributed by atoms with Gasteiger partial charge in [0.1, 0.15) is 16.0 Å². The molecule has 4 rings (SSSR count). The third-order valence-electron chi connectivity index (χ3n) is 5.03. The number of rotatable bonds is 6. The van der Waals surface area contributed by atoms with Gasteiger partial charge in [-0.2, -0.15) is 4.72 Å². The standard InChI is InChI=1S/C24H20N2O5S2/c1-26-15-17(20-14-18(27)8-11-22(20)26)13-21(24(28)29)25-33(30,31)23-12-10-19(32-23)9-7-16-5-3-2-4-6-16/h2-6,8,10-12,14-15,21,25,27H,13H2,1H3,(H,28,29)/t21-/m0/s1. The van der Waals surface area contributed by atoms with Crippen LogP contribution in [0, 0.1) is 11.8 Å². The zero-order valence-electron chi connectivity index (χ0n) is 17.5. The van der Waals surface area contributed by atoms with Gasteiger partial charge in [-0.05, 0) is 48.0 Å². The number of aromatic nitrogens is 1. The summed E-state index contributed by atoms with van der Waals surface area (Å²) in [7, 11) is -2.28. The molecule has 0 unspecified atom stereocenters. The smallest absolute Gasteiger partial charge is 0.322 e. The average Bonchev–Trinajstić information content (AvgIpc) is 3.38. The lowest BCUT2D eigenvalue weighted by Crippen LogP contribution is -2.42. The van der Waals surface area contributed by atoms with Gasteiger partial charge in [-0.25, -0.2) is 8.42 Å². The summed E-state index contributed by atoms with van der Waals surface area (Å²) in [6, 6.07) is 15.7. The van der Waals surface area contributed by atoms with E-state index in [2.05, 4.69) is 16.6 Å². The topological polar surface area (TPSA) is 109 Å². The van der Waals surface area contributed by atoms with Gasteiger partial charge in [0, 0.05) is 36.1 Å². The SMILES string of the molecule is Cn1cc(C[C@H](NS(=O)(=O)c2ccc(C#Cc3ccccc3)s2)C(=O)O)c2cc(O)ccc21. The highest BCUT2D eigenvalue weighted by Crippen LogP contribution is 2.27. The monoisotopic (exact) mass is 480 g/mol. The number of phenols is 1. The van der Waals surface area contributed by atoms with E-state index in [9.17, 15) is 23.4 Å². The normalized spacial score (nSPS) is 12.3. The molecule has 0 spiro atoms. The van der Waals surface area contributed by atoms with Gasteiger partial charge in [0.05, 0.1) is 4.88 Å². The van der Waals surface area contributed by atoms with E-state index in [4.69, 9.17) is 0 Å². The Morgan fingerprint density at radius 3 is 2.61 bits per heavy atom. The molecule has 0 bridgehead atoms. The minimum Gasteiger partial charge on any atom is -0.508 e. The number of aryl methyl sites for hydroxylation is 1. The predicted octanol–water partition coefficient (Wildman–Crippen LogP) is 3.32. The molecular weight excluding hydrogens is 460 g/mol. The van der Waals surface area contributed by atoms with Crippen molar-refractivity contribution in [1.82, 2.24) is 9.29 Å². The molecule has 2 aromatic heterocycles. The summed E-state index contributed by atoms with van der Waals surface area (Å²) in [5.74, 6) is 4.65. The number of aliphatic carboxylic acids is 1. The molecule has 0 aliphatic carbocycles. The molecule has 33 heavy (non-hydrogen) atoms. The van der Waals surface area contributed by atoms with E-state index in [-0.39, 0.29) is 16.4 Å². The molecule has 9 heteroatoms. The van der Waals surface area contributed by atoms with Crippen molar-refractivity contribution in [2.24, 2.45) is 7.05 Å². The number of nitrogens with zero attached hydrogens (tertiary/aromatic N) is 1. The first-order valence-corrected chi connectivity index (χ1v) is 12.2. The highest BCUT2D eigenvalue weighted by molar-refractivity contribution is 7.91. The Balaban J connectivity index is 1.56. The maximum atomic E-state index is 12.9. The minimum atomic E-state index is -4.08. The van der Waals surface area contributed by atoms with E-state index < -0.39 is 22.0 Å². The van der Waals surface area contributed by atoms with Crippen molar-refractivity contribution in [3.63, 3.8) is 0 Å². The number of hydrogen-bond acceptors (Lipinski definition) is 5. The van der Waals surface area contributed by atoms with Crippen molar-refractivity contribution < 1.29 is 23.4 Å². The van der Waals surface area contributed by atoms with Crippen LogP contribution < -0.4 is 4.72 Å². The summed E-state index contributed by atoms with van der Waals surface area (Å²) < 4.78 is 29.9. The van der Waals surface area contributed by atoms with Crippen LogP contribution in [-0.2, 0) is 28.3 Å². The molecule has 0 aliphatic rings. The second-order valence-corrected chi connectivity index (χ2v) is 10.4. The van der Waals surface area contributed by atoms with Crippen molar-refractivity contribution in [3.8, 4) is 17.6 Å². The van der Waals surface area contributed by atoms with Gasteiger partial charge in [-0.1, -0.05) is 30.0 Å².